The fourth-order valence-corrected chi connectivity index (χ4v) is 6.24. The summed E-state index contributed by atoms with van der Waals surface area (Å²) in [6.07, 6.45) is 3.36. The maximum absolute atomic E-state index is 13.2. The van der Waals surface area contributed by atoms with Crippen LogP contribution in [0.25, 0.3) is 0 Å². The lowest BCUT2D eigenvalue weighted by Crippen LogP contribution is -2.56. The quantitative estimate of drug-likeness (QED) is 0.389. The van der Waals surface area contributed by atoms with E-state index >= 15 is 0 Å². The molecule has 4 rings (SSSR count). The summed E-state index contributed by atoms with van der Waals surface area (Å²) in [7, 11) is 0.738. The summed E-state index contributed by atoms with van der Waals surface area (Å²) in [6, 6.07) is 9.60. The molecule has 7 heteroatoms. The molecule has 1 atom stereocenters. The number of aryl methyl sites for hydroxylation is 1. The van der Waals surface area contributed by atoms with Gasteiger partial charge in [-0.1, -0.05) is 20.8 Å². The number of piperidine rings is 1. The number of carbonyl (C=O) groups is 2. The van der Waals surface area contributed by atoms with Gasteiger partial charge in [0, 0.05) is 48.4 Å². The Labute approximate surface area is 199 Å². The third-order valence-electron chi connectivity index (χ3n) is 7.42. The maximum Gasteiger partial charge on any atom is 0.253 e. The van der Waals surface area contributed by atoms with Crippen molar-refractivity contribution >= 4 is 22.5 Å². The smallest absolute Gasteiger partial charge is 0.253 e. The summed E-state index contributed by atoms with van der Waals surface area (Å²) in [5, 5.41) is 0. The highest BCUT2D eigenvalue weighted by atomic mass is 32.2. The van der Waals surface area contributed by atoms with Crippen LogP contribution < -0.4 is 0 Å². The Morgan fingerprint density at radius 1 is 1.00 bits per heavy atom. The first-order valence-corrected chi connectivity index (χ1v) is 13.4. The highest BCUT2D eigenvalue weighted by molar-refractivity contribution is 7.84. The van der Waals surface area contributed by atoms with Crippen LogP contribution in [-0.4, -0.2) is 59.0 Å². The summed E-state index contributed by atoms with van der Waals surface area (Å²) < 4.78 is 14.1. The Balaban J connectivity index is 1.56. The number of aromatic nitrogens is 1. The van der Waals surface area contributed by atoms with E-state index in [4.69, 9.17) is 0 Å². The fraction of sp³-hybridized carbons (Fsp3) is 0.538. The van der Waals surface area contributed by atoms with Gasteiger partial charge in [0.2, 0.25) is 0 Å². The molecule has 178 valence electrons. The second-order valence-corrected chi connectivity index (χ2v) is 12.1. The number of Topliss-reactive ketones (excluding diaryl/α,β-unsaturated/α-hetero) is 1. The first kappa shape index (κ1) is 23.9. The molecule has 1 amide bonds. The number of likely N-dealkylation sites (N-methyl/N-ethyl adjacent to an activating group) is 1. The molecule has 1 fully saturated rings. The molecule has 3 heterocycles. The van der Waals surface area contributed by atoms with Crippen LogP contribution in [0.4, 0.5) is 0 Å². The maximum atomic E-state index is 13.2. The zero-order valence-electron chi connectivity index (χ0n) is 20.6. The summed E-state index contributed by atoms with van der Waals surface area (Å²) in [6.45, 7) is 10.8. The number of rotatable bonds is 3. The van der Waals surface area contributed by atoms with E-state index in [-0.39, 0.29) is 17.2 Å². The van der Waals surface area contributed by atoms with Crippen LogP contribution >= 0.6 is 0 Å². The van der Waals surface area contributed by atoms with Crippen LogP contribution in [-0.2, 0) is 27.1 Å². The number of hydrogen-bond acceptors (Lipinski definition) is 4. The van der Waals surface area contributed by atoms with E-state index in [1.165, 1.54) is 5.69 Å². The van der Waals surface area contributed by atoms with Crippen molar-refractivity contribution in [3.8, 4) is 0 Å². The van der Waals surface area contributed by atoms with E-state index < -0.39 is 16.2 Å². The molecule has 1 spiro atoms. The van der Waals surface area contributed by atoms with E-state index in [1.807, 2.05) is 50.8 Å². The standard InChI is InChI=1S/C26H35N3O3S/c1-18-17-19(7-9-21(18)33(6)32)24(31)28-13-11-26(12-14-28)22-10-8-20(23(30)25(2,3)4)29(22)16-15-27(26)5/h7-10,17H,11-16H2,1-6H3/p+1. The van der Waals surface area contributed by atoms with E-state index in [0.717, 1.165) is 42.1 Å². The third kappa shape index (κ3) is 4.10. The highest BCUT2D eigenvalue weighted by Gasteiger charge is 2.45. The summed E-state index contributed by atoms with van der Waals surface area (Å²) in [5.74, 6) is 0.206. The van der Waals surface area contributed by atoms with E-state index in [2.05, 4.69) is 22.6 Å². The van der Waals surface area contributed by atoms with Crippen LogP contribution in [0.5, 0.6) is 0 Å². The Morgan fingerprint density at radius 3 is 2.24 bits per heavy atom. The van der Waals surface area contributed by atoms with Gasteiger partial charge in [-0.3, -0.25) is 14.5 Å². The summed E-state index contributed by atoms with van der Waals surface area (Å²) >= 11 is 0. The molecular weight excluding hydrogens is 434 g/mol. The molecule has 0 aliphatic carbocycles. The molecule has 2 aromatic rings. The molecule has 0 saturated carbocycles. The number of likely N-dealkylation sites (tertiary alicyclic amines) is 1. The number of ketones is 1. The molecule has 1 aromatic carbocycles. The molecule has 1 saturated heterocycles. The lowest BCUT2D eigenvalue weighted by molar-refractivity contribution is 0.0126. The predicted molar refractivity (Wildman–Crippen MR) is 132 cm³/mol. The minimum absolute atomic E-state index is 0.0308. The first-order valence-electron chi connectivity index (χ1n) is 11.7. The molecule has 2 aliphatic heterocycles. The van der Waals surface area contributed by atoms with Gasteiger partial charge in [0.15, 0.2) is 10.7 Å². The zero-order valence-corrected chi connectivity index (χ0v) is 21.5. The molecule has 0 radical (unpaired) electrons. The van der Waals surface area contributed by atoms with Gasteiger partial charge in [-0.2, -0.15) is 0 Å². The SMILES string of the molecule is Cc1cc(C(=O)N2CCC3(CC2)c2ccc(C(=O)C(C)(C)C)n2CCN3C)ccc1[SH+](C)=O. The van der Waals surface area contributed by atoms with Crippen LogP contribution in [0.3, 0.4) is 0 Å². The number of thiol groups is 1. The average Bonchev–Trinajstić information content (AvgIpc) is 3.20. The van der Waals surface area contributed by atoms with Crippen molar-refractivity contribution in [2.24, 2.45) is 5.41 Å². The van der Waals surface area contributed by atoms with Crippen LogP contribution in [0, 0.1) is 12.3 Å². The van der Waals surface area contributed by atoms with Crippen LogP contribution in [0.1, 0.15) is 65.7 Å². The summed E-state index contributed by atoms with van der Waals surface area (Å²) in [5.41, 5.74) is 2.98. The number of fused-ring (bicyclic) bond motifs is 2. The number of benzene rings is 1. The van der Waals surface area contributed by atoms with Gasteiger partial charge in [-0.05, 0) is 57.1 Å². The monoisotopic (exact) mass is 470 g/mol. The first-order chi connectivity index (χ1) is 15.5. The molecule has 0 N–H and O–H groups in total. The van der Waals surface area contributed by atoms with Crippen molar-refractivity contribution in [1.29, 1.82) is 0 Å². The minimum atomic E-state index is -1.42. The molecule has 1 aromatic heterocycles. The van der Waals surface area contributed by atoms with Crippen LogP contribution in [0.2, 0.25) is 0 Å². The van der Waals surface area contributed by atoms with E-state index in [0.29, 0.717) is 18.7 Å². The van der Waals surface area contributed by atoms with Gasteiger partial charge < -0.3 is 9.47 Å². The third-order valence-corrected chi connectivity index (χ3v) is 8.60. The predicted octanol–water partition coefficient (Wildman–Crippen LogP) is 3.79. The van der Waals surface area contributed by atoms with Crippen molar-refractivity contribution in [1.82, 2.24) is 14.4 Å². The van der Waals surface area contributed by atoms with Crippen molar-refractivity contribution in [2.45, 2.75) is 57.5 Å². The molecule has 6 nitrogen and oxygen atoms in total. The van der Waals surface area contributed by atoms with Crippen molar-refractivity contribution in [2.75, 3.05) is 32.9 Å². The van der Waals surface area contributed by atoms with Gasteiger partial charge in [0.1, 0.15) is 17.1 Å². The normalized spacial score (nSPS) is 19.4. The van der Waals surface area contributed by atoms with Gasteiger partial charge in [0.05, 0.1) is 11.2 Å². The second kappa shape index (κ2) is 8.51. The Kier molecular flexibility index (Phi) is 6.16. The number of carbonyl (C=O) groups excluding carboxylic acids is 2. The van der Waals surface area contributed by atoms with Crippen LogP contribution in [0.15, 0.2) is 35.2 Å². The molecule has 33 heavy (non-hydrogen) atoms. The van der Waals surface area contributed by atoms with Gasteiger partial charge in [-0.15, -0.1) is 4.21 Å². The van der Waals surface area contributed by atoms with Gasteiger partial charge >= 0.3 is 0 Å². The highest BCUT2D eigenvalue weighted by Crippen LogP contribution is 2.42. The molecule has 0 bridgehead atoms. The number of hydrogen-bond donors (Lipinski definition) is 0. The molecule has 1 unspecified atom stereocenters. The lowest BCUT2D eigenvalue weighted by Gasteiger charge is -2.50. The van der Waals surface area contributed by atoms with Gasteiger partial charge in [0.25, 0.3) is 5.91 Å². The Morgan fingerprint density at radius 2 is 1.67 bits per heavy atom. The van der Waals surface area contributed by atoms with Crippen molar-refractivity contribution in [3.63, 3.8) is 0 Å². The van der Waals surface area contributed by atoms with E-state index in [1.54, 1.807) is 12.3 Å². The molecule has 2 aliphatic rings. The molecular formula is C26H36N3O3S+. The topological polar surface area (TPSA) is 62.6 Å². The fourth-order valence-electron chi connectivity index (χ4n) is 5.40. The minimum Gasteiger partial charge on any atom is -0.339 e. The largest absolute Gasteiger partial charge is 0.339 e. The van der Waals surface area contributed by atoms with Crippen molar-refractivity contribution < 1.29 is 13.8 Å². The second-order valence-electron chi connectivity index (χ2n) is 10.6. The number of nitrogens with zero attached hydrogens (tertiary/aromatic N) is 3. The van der Waals surface area contributed by atoms with E-state index in [9.17, 15) is 13.8 Å². The lowest BCUT2D eigenvalue weighted by atomic mass is 9.81. The Hall–Kier alpha value is -2.25. The Bertz CT molecular complexity index is 1120. The van der Waals surface area contributed by atoms with Crippen molar-refractivity contribution in [3.05, 3.63) is 52.8 Å². The summed E-state index contributed by atoms with van der Waals surface area (Å²) in [4.78, 5) is 31.4. The zero-order chi connectivity index (χ0) is 24.1. The average molecular weight is 471 g/mol. The number of amides is 1. The van der Waals surface area contributed by atoms with Gasteiger partial charge in [-0.25, -0.2) is 0 Å².